The molecule has 3 rings (SSSR count). The van der Waals surface area contributed by atoms with E-state index in [-0.39, 0.29) is 29.4 Å². The standard InChI is InChI=1S/C15H14N4O5S/c20-15-17-13-6-1-2-7-14(13)18(15)9-8-16-25(23,24)12-5-3-4-11(10-12)19(21)22/h1-7,10,16H,8-9H2,(H,17,20). The van der Waals surface area contributed by atoms with Crippen LogP contribution in [0.25, 0.3) is 11.0 Å². The molecule has 1 heterocycles. The molecule has 0 amide bonds. The number of aromatic nitrogens is 2. The summed E-state index contributed by atoms with van der Waals surface area (Å²) in [5.74, 6) is 0. The van der Waals surface area contributed by atoms with Gasteiger partial charge in [0.25, 0.3) is 5.69 Å². The number of fused-ring (bicyclic) bond motifs is 1. The third-order valence-corrected chi connectivity index (χ3v) is 5.11. The summed E-state index contributed by atoms with van der Waals surface area (Å²) >= 11 is 0. The number of non-ortho nitro benzene ring substituents is 1. The van der Waals surface area contributed by atoms with Gasteiger partial charge in [-0.05, 0) is 18.2 Å². The monoisotopic (exact) mass is 362 g/mol. The van der Waals surface area contributed by atoms with Crippen LogP contribution in [-0.4, -0.2) is 29.4 Å². The third kappa shape index (κ3) is 3.44. The first-order valence-electron chi connectivity index (χ1n) is 7.30. The maximum atomic E-state index is 12.3. The van der Waals surface area contributed by atoms with Gasteiger partial charge in [-0.1, -0.05) is 18.2 Å². The fraction of sp³-hybridized carbons (Fsp3) is 0.133. The SMILES string of the molecule is O=c1[nH]c2ccccc2n1CCNS(=O)(=O)c1cccc([N+](=O)[O-])c1. The van der Waals surface area contributed by atoms with Gasteiger partial charge >= 0.3 is 5.69 Å². The van der Waals surface area contributed by atoms with E-state index in [1.54, 1.807) is 24.3 Å². The largest absolute Gasteiger partial charge is 0.326 e. The first kappa shape index (κ1) is 16.9. The number of benzene rings is 2. The minimum atomic E-state index is -3.92. The Morgan fingerprint density at radius 3 is 2.68 bits per heavy atom. The smallest absolute Gasteiger partial charge is 0.306 e. The molecule has 25 heavy (non-hydrogen) atoms. The van der Waals surface area contributed by atoms with Crippen LogP contribution in [0.3, 0.4) is 0 Å². The molecule has 0 bridgehead atoms. The first-order valence-corrected chi connectivity index (χ1v) is 8.78. The third-order valence-electron chi connectivity index (χ3n) is 3.65. The molecule has 0 saturated carbocycles. The lowest BCUT2D eigenvalue weighted by molar-refractivity contribution is -0.385. The number of rotatable bonds is 6. The minimum absolute atomic E-state index is 0.0349. The number of hydrogen-bond acceptors (Lipinski definition) is 5. The lowest BCUT2D eigenvalue weighted by Gasteiger charge is -2.07. The normalized spacial score (nSPS) is 11.7. The van der Waals surface area contributed by atoms with Gasteiger partial charge in [0.1, 0.15) is 0 Å². The summed E-state index contributed by atoms with van der Waals surface area (Å²) in [5, 5.41) is 10.8. The number of para-hydroxylation sites is 2. The van der Waals surface area contributed by atoms with Crippen LogP contribution in [0.2, 0.25) is 0 Å². The van der Waals surface area contributed by atoms with Crippen molar-refractivity contribution in [3.05, 3.63) is 69.1 Å². The van der Waals surface area contributed by atoms with Gasteiger partial charge in [-0.3, -0.25) is 14.7 Å². The molecule has 0 radical (unpaired) electrons. The summed E-state index contributed by atoms with van der Waals surface area (Å²) in [6.07, 6.45) is 0. The Bertz CT molecular complexity index is 1100. The van der Waals surface area contributed by atoms with Crippen LogP contribution >= 0.6 is 0 Å². The van der Waals surface area contributed by atoms with E-state index in [4.69, 9.17) is 0 Å². The van der Waals surface area contributed by atoms with Crippen LogP contribution in [0.5, 0.6) is 0 Å². The van der Waals surface area contributed by atoms with Gasteiger partial charge in [0, 0.05) is 25.2 Å². The maximum absolute atomic E-state index is 12.3. The Kier molecular flexibility index (Phi) is 4.38. The fourth-order valence-corrected chi connectivity index (χ4v) is 3.53. The van der Waals surface area contributed by atoms with E-state index >= 15 is 0 Å². The molecule has 2 N–H and O–H groups in total. The first-order chi connectivity index (χ1) is 11.9. The summed E-state index contributed by atoms with van der Waals surface area (Å²) in [6.45, 7) is 0.0871. The lowest BCUT2D eigenvalue weighted by Crippen LogP contribution is -2.30. The summed E-state index contributed by atoms with van der Waals surface area (Å²) < 4.78 is 28.3. The van der Waals surface area contributed by atoms with Gasteiger partial charge in [0.2, 0.25) is 10.0 Å². The Labute approximate surface area is 142 Å². The van der Waals surface area contributed by atoms with Crippen LogP contribution < -0.4 is 10.4 Å². The summed E-state index contributed by atoms with van der Waals surface area (Å²) in [4.78, 5) is 24.5. The zero-order chi connectivity index (χ0) is 18.0. The Hall–Kier alpha value is -2.98. The molecule has 3 aromatic rings. The molecular weight excluding hydrogens is 348 g/mol. The topological polar surface area (TPSA) is 127 Å². The van der Waals surface area contributed by atoms with Gasteiger partial charge in [-0.2, -0.15) is 0 Å². The number of nitrogens with zero attached hydrogens (tertiary/aromatic N) is 2. The van der Waals surface area contributed by atoms with E-state index in [1.165, 1.54) is 22.8 Å². The van der Waals surface area contributed by atoms with Gasteiger partial charge in [0.05, 0.1) is 20.9 Å². The summed E-state index contributed by atoms with van der Waals surface area (Å²) in [7, 11) is -3.92. The molecule has 9 nitrogen and oxygen atoms in total. The molecule has 0 aliphatic heterocycles. The number of nitrogens with one attached hydrogen (secondary N) is 2. The highest BCUT2D eigenvalue weighted by Crippen LogP contribution is 2.17. The Balaban J connectivity index is 1.76. The quantitative estimate of drug-likeness (QED) is 0.503. The highest BCUT2D eigenvalue weighted by atomic mass is 32.2. The number of sulfonamides is 1. The van der Waals surface area contributed by atoms with Crippen molar-refractivity contribution in [3.63, 3.8) is 0 Å². The van der Waals surface area contributed by atoms with Gasteiger partial charge in [-0.25, -0.2) is 17.9 Å². The average molecular weight is 362 g/mol. The van der Waals surface area contributed by atoms with Gasteiger partial charge in [-0.15, -0.1) is 0 Å². The molecule has 10 heteroatoms. The molecular formula is C15H14N4O5S. The Morgan fingerprint density at radius 1 is 1.16 bits per heavy atom. The second-order valence-corrected chi connectivity index (χ2v) is 7.02. The number of H-pyrrole nitrogens is 1. The van der Waals surface area contributed by atoms with E-state index < -0.39 is 14.9 Å². The number of nitro benzene ring substituents is 1. The van der Waals surface area contributed by atoms with Crippen LogP contribution in [0.1, 0.15) is 0 Å². The van der Waals surface area contributed by atoms with Crippen molar-refractivity contribution in [1.29, 1.82) is 0 Å². The molecule has 0 spiro atoms. The molecule has 0 atom stereocenters. The van der Waals surface area contributed by atoms with Crippen molar-refractivity contribution in [2.75, 3.05) is 6.54 Å². The highest BCUT2D eigenvalue weighted by molar-refractivity contribution is 7.89. The van der Waals surface area contributed by atoms with Gasteiger partial charge < -0.3 is 4.98 Å². The number of aromatic amines is 1. The average Bonchev–Trinajstić information content (AvgIpc) is 2.90. The van der Waals surface area contributed by atoms with Crippen molar-refractivity contribution in [3.8, 4) is 0 Å². The zero-order valence-corrected chi connectivity index (χ0v) is 13.7. The second-order valence-electron chi connectivity index (χ2n) is 5.25. The minimum Gasteiger partial charge on any atom is -0.306 e. The lowest BCUT2D eigenvalue weighted by atomic mass is 10.3. The molecule has 0 saturated heterocycles. The van der Waals surface area contributed by atoms with Crippen LogP contribution in [-0.2, 0) is 16.6 Å². The Morgan fingerprint density at radius 2 is 1.92 bits per heavy atom. The van der Waals surface area contributed by atoms with E-state index in [2.05, 4.69) is 9.71 Å². The predicted octanol–water partition coefficient (Wildman–Crippen LogP) is 1.22. The van der Waals surface area contributed by atoms with Crippen LogP contribution in [0.15, 0.2) is 58.2 Å². The van der Waals surface area contributed by atoms with E-state index in [0.717, 1.165) is 6.07 Å². The second kappa shape index (κ2) is 6.49. The number of hydrogen-bond donors (Lipinski definition) is 2. The number of nitro groups is 1. The van der Waals surface area contributed by atoms with Crippen LogP contribution in [0.4, 0.5) is 5.69 Å². The van der Waals surface area contributed by atoms with Gasteiger partial charge in [0.15, 0.2) is 0 Å². The molecule has 0 fully saturated rings. The predicted molar refractivity (Wildman–Crippen MR) is 90.8 cm³/mol. The van der Waals surface area contributed by atoms with Crippen molar-refractivity contribution in [1.82, 2.24) is 14.3 Å². The van der Waals surface area contributed by atoms with Crippen molar-refractivity contribution in [2.24, 2.45) is 0 Å². The van der Waals surface area contributed by atoms with Crippen molar-refractivity contribution < 1.29 is 13.3 Å². The molecule has 0 unspecified atom stereocenters. The molecule has 1 aromatic heterocycles. The molecule has 2 aromatic carbocycles. The maximum Gasteiger partial charge on any atom is 0.326 e. The highest BCUT2D eigenvalue weighted by Gasteiger charge is 2.17. The van der Waals surface area contributed by atoms with Crippen molar-refractivity contribution in [2.45, 2.75) is 11.4 Å². The molecule has 130 valence electrons. The van der Waals surface area contributed by atoms with E-state index in [0.29, 0.717) is 11.0 Å². The molecule has 0 aliphatic carbocycles. The van der Waals surface area contributed by atoms with Crippen molar-refractivity contribution >= 4 is 26.7 Å². The van der Waals surface area contributed by atoms with Crippen LogP contribution in [0, 0.1) is 10.1 Å². The summed E-state index contributed by atoms with van der Waals surface area (Å²) in [6, 6.07) is 11.8. The van der Waals surface area contributed by atoms with E-state index in [1.807, 2.05) is 0 Å². The fourth-order valence-electron chi connectivity index (χ4n) is 2.47. The molecule has 0 aliphatic rings. The summed E-state index contributed by atoms with van der Waals surface area (Å²) in [5.41, 5.74) is 0.683. The van der Waals surface area contributed by atoms with E-state index in [9.17, 15) is 23.3 Å². The zero-order valence-electron chi connectivity index (χ0n) is 12.9. The number of imidazole rings is 1.